The Kier molecular flexibility index (Phi) is 6.12. The monoisotopic (exact) mass is 309 g/mol. The van der Waals surface area contributed by atoms with E-state index < -0.39 is 0 Å². The highest BCUT2D eigenvalue weighted by Crippen LogP contribution is 2.17. The number of quaternary nitrogens is 1. The zero-order valence-electron chi connectivity index (χ0n) is 14.1. The lowest BCUT2D eigenvalue weighted by atomic mass is 10.1. The molecule has 120 valence electrons. The molecule has 0 heterocycles. The van der Waals surface area contributed by atoms with Gasteiger partial charge in [-0.05, 0) is 42.7 Å². The summed E-state index contributed by atoms with van der Waals surface area (Å²) in [5, 5.41) is 3.01. The topological polar surface area (TPSA) is 33.5 Å². The second-order valence-electron chi connectivity index (χ2n) is 5.95. The van der Waals surface area contributed by atoms with Crippen molar-refractivity contribution in [2.24, 2.45) is 0 Å². The van der Waals surface area contributed by atoms with Gasteiger partial charge < -0.3 is 10.2 Å². The molecule has 2 rings (SSSR count). The predicted molar refractivity (Wildman–Crippen MR) is 96.6 cm³/mol. The molecule has 2 N–H and O–H groups in total. The molecule has 0 aliphatic heterocycles. The average Bonchev–Trinajstić information content (AvgIpc) is 2.53. The predicted octanol–water partition coefficient (Wildman–Crippen LogP) is 2.47. The summed E-state index contributed by atoms with van der Waals surface area (Å²) < 4.78 is 0. The van der Waals surface area contributed by atoms with Gasteiger partial charge in [0.2, 0.25) is 0 Å². The van der Waals surface area contributed by atoms with Crippen molar-refractivity contribution in [3.63, 3.8) is 0 Å². The van der Waals surface area contributed by atoms with Crippen LogP contribution >= 0.6 is 0 Å². The summed E-state index contributed by atoms with van der Waals surface area (Å²) in [6.07, 6.45) is 4.20. The maximum Gasteiger partial charge on any atom is 0.279 e. The van der Waals surface area contributed by atoms with Crippen molar-refractivity contribution in [1.82, 2.24) is 0 Å². The normalized spacial score (nSPS) is 12.3. The molecule has 0 bridgehead atoms. The van der Waals surface area contributed by atoms with E-state index >= 15 is 0 Å². The number of benzene rings is 2. The highest BCUT2D eigenvalue weighted by atomic mass is 16.2. The van der Waals surface area contributed by atoms with E-state index in [1.54, 1.807) is 0 Å². The van der Waals surface area contributed by atoms with Crippen molar-refractivity contribution in [2.45, 2.75) is 13.8 Å². The van der Waals surface area contributed by atoms with Gasteiger partial charge in [-0.15, -0.1) is 0 Å². The van der Waals surface area contributed by atoms with Gasteiger partial charge in [0.1, 0.15) is 0 Å². The van der Waals surface area contributed by atoms with Crippen molar-refractivity contribution in [3.8, 4) is 0 Å². The number of hydrogen-bond acceptors (Lipinski definition) is 1. The molecule has 0 saturated carbocycles. The van der Waals surface area contributed by atoms with Crippen LogP contribution in [0, 0.1) is 13.8 Å². The fourth-order valence-electron chi connectivity index (χ4n) is 2.39. The number of carbonyl (C=O) groups is 1. The van der Waals surface area contributed by atoms with Crippen LogP contribution in [0.15, 0.2) is 54.6 Å². The van der Waals surface area contributed by atoms with Gasteiger partial charge in [-0.2, -0.15) is 0 Å². The van der Waals surface area contributed by atoms with Crippen molar-refractivity contribution < 1.29 is 9.69 Å². The Bertz CT molecular complexity index is 677. The van der Waals surface area contributed by atoms with Crippen LogP contribution in [0.1, 0.15) is 16.7 Å². The van der Waals surface area contributed by atoms with Gasteiger partial charge in [0.15, 0.2) is 6.54 Å². The smallest absolute Gasteiger partial charge is 0.279 e. The first-order valence-corrected chi connectivity index (χ1v) is 7.95. The number of rotatable bonds is 6. The summed E-state index contributed by atoms with van der Waals surface area (Å²) in [6.45, 7) is 5.35. The molecule has 1 amide bonds. The maximum absolute atomic E-state index is 12.2. The minimum Gasteiger partial charge on any atom is -0.326 e. The van der Waals surface area contributed by atoms with Gasteiger partial charge >= 0.3 is 0 Å². The van der Waals surface area contributed by atoms with Crippen LogP contribution < -0.4 is 10.2 Å². The van der Waals surface area contributed by atoms with E-state index in [0.29, 0.717) is 6.54 Å². The zero-order valence-corrected chi connectivity index (χ0v) is 14.1. The van der Waals surface area contributed by atoms with E-state index in [2.05, 4.69) is 42.6 Å². The highest BCUT2D eigenvalue weighted by Gasteiger charge is 2.10. The largest absolute Gasteiger partial charge is 0.326 e. The molecule has 2 aromatic carbocycles. The molecule has 0 aromatic heterocycles. The Labute approximate surface area is 138 Å². The number of hydrogen-bond donors (Lipinski definition) is 2. The third-order valence-corrected chi connectivity index (χ3v) is 3.92. The standard InChI is InChI=1S/C20H24N2O/c1-16-9-7-13-19(17(16)2)21-20(23)15-22(3)14-8-12-18-10-5-4-6-11-18/h4-13H,14-15H2,1-3H3,(H,21,23)/p+1/b12-8+. The molecule has 0 saturated heterocycles. The quantitative estimate of drug-likeness (QED) is 0.844. The molecule has 3 nitrogen and oxygen atoms in total. The Hall–Kier alpha value is -2.39. The van der Waals surface area contributed by atoms with Crippen LogP contribution in [-0.4, -0.2) is 26.0 Å². The second kappa shape index (κ2) is 8.30. The first kappa shape index (κ1) is 17.0. The molecular formula is C20H25N2O+. The van der Waals surface area contributed by atoms with E-state index in [1.165, 1.54) is 11.1 Å². The van der Waals surface area contributed by atoms with Crippen LogP contribution in [0.2, 0.25) is 0 Å². The van der Waals surface area contributed by atoms with Crippen molar-refractivity contribution in [3.05, 3.63) is 71.3 Å². The number of aryl methyl sites for hydroxylation is 1. The van der Waals surface area contributed by atoms with Crippen molar-refractivity contribution in [1.29, 1.82) is 0 Å². The summed E-state index contributed by atoms with van der Waals surface area (Å²) >= 11 is 0. The van der Waals surface area contributed by atoms with Crippen LogP contribution in [0.25, 0.3) is 6.08 Å². The number of carbonyl (C=O) groups excluding carboxylic acids is 1. The van der Waals surface area contributed by atoms with Gasteiger partial charge in [0.25, 0.3) is 5.91 Å². The van der Waals surface area contributed by atoms with Gasteiger partial charge in [-0.25, -0.2) is 0 Å². The third-order valence-electron chi connectivity index (χ3n) is 3.92. The van der Waals surface area contributed by atoms with Crippen molar-refractivity contribution in [2.75, 3.05) is 25.5 Å². The van der Waals surface area contributed by atoms with E-state index in [-0.39, 0.29) is 5.91 Å². The Morgan fingerprint density at radius 3 is 2.57 bits per heavy atom. The summed E-state index contributed by atoms with van der Waals surface area (Å²) in [6, 6.07) is 16.2. The van der Waals surface area contributed by atoms with Crippen LogP contribution in [-0.2, 0) is 4.79 Å². The molecule has 0 radical (unpaired) electrons. The molecule has 3 heteroatoms. The fourth-order valence-corrected chi connectivity index (χ4v) is 2.39. The van der Waals surface area contributed by atoms with E-state index in [1.807, 2.05) is 44.3 Å². The Morgan fingerprint density at radius 1 is 1.09 bits per heavy atom. The minimum absolute atomic E-state index is 0.0457. The summed E-state index contributed by atoms with van der Waals surface area (Å²) in [5.41, 5.74) is 4.40. The van der Waals surface area contributed by atoms with Gasteiger partial charge in [-0.1, -0.05) is 48.5 Å². The SMILES string of the molecule is Cc1cccc(NC(=O)C[NH+](C)C/C=C/c2ccccc2)c1C. The average molecular weight is 309 g/mol. The lowest BCUT2D eigenvalue weighted by Gasteiger charge is -2.13. The van der Waals surface area contributed by atoms with E-state index in [0.717, 1.165) is 22.7 Å². The summed E-state index contributed by atoms with van der Waals surface area (Å²) in [7, 11) is 2.03. The molecule has 1 unspecified atom stereocenters. The molecule has 2 aromatic rings. The minimum atomic E-state index is 0.0457. The van der Waals surface area contributed by atoms with E-state index in [9.17, 15) is 4.79 Å². The number of amides is 1. The maximum atomic E-state index is 12.2. The molecular weight excluding hydrogens is 284 g/mol. The van der Waals surface area contributed by atoms with Gasteiger partial charge in [-0.3, -0.25) is 4.79 Å². The van der Waals surface area contributed by atoms with Crippen LogP contribution in [0.5, 0.6) is 0 Å². The lowest BCUT2D eigenvalue weighted by Crippen LogP contribution is -3.09. The number of likely N-dealkylation sites (N-methyl/N-ethyl adjacent to an activating group) is 1. The number of nitrogens with one attached hydrogen (secondary N) is 2. The van der Waals surface area contributed by atoms with Crippen LogP contribution in [0.4, 0.5) is 5.69 Å². The van der Waals surface area contributed by atoms with Gasteiger partial charge in [0.05, 0.1) is 13.6 Å². The molecule has 0 fully saturated rings. The molecule has 0 aliphatic rings. The first-order valence-electron chi connectivity index (χ1n) is 7.95. The van der Waals surface area contributed by atoms with Gasteiger partial charge in [0, 0.05) is 5.69 Å². The molecule has 0 aliphatic carbocycles. The summed E-state index contributed by atoms with van der Waals surface area (Å²) in [4.78, 5) is 13.3. The fraction of sp³-hybridized carbons (Fsp3) is 0.250. The molecule has 0 spiro atoms. The highest BCUT2D eigenvalue weighted by molar-refractivity contribution is 5.92. The third kappa shape index (κ3) is 5.38. The van der Waals surface area contributed by atoms with Crippen molar-refractivity contribution >= 4 is 17.7 Å². The number of anilines is 1. The Balaban J connectivity index is 1.83. The second-order valence-corrected chi connectivity index (χ2v) is 5.95. The molecule has 23 heavy (non-hydrogen) atoms. The first-order chi connectivity index (χ1) is 11.1. The lowest BCUT2D eigenvalue weighted by molar-refractivity contribution is -0.864. The van der Waals surface area contributed by atoms with E-state index in [4.69, 9.17) is 0 Å². The summed E-state index contributed by atoms with van der Waals surface area (Å²) in [5.74, 6) is 0.0457. The Morgan fingerprint density at radius 2 is 1.83 bits per heavy atom. The van der Waals surface area contributed by atoms with Crippen LogP contribution in [0.3, 0.4) is 0 Å². The zero-order chi connectivity index (χ0) is 16.7. The molecule has 1 atom stereocenters.